The van der Waals surface area contributed by atoms with Gasteiger partial charge < -0.3 is 19.4 Å². The molecule has 2 amide bonds. The molecule has 1 fully saturated rings. The Labute approximate surface area is 163 Å². The minimum Gasteiger partial charge on any atom is -0.484 e. The van der Waals surface area contributed by atoms with Gasteiger partial charge in [0.15, 0.2) is 6.61 Å². The molecule has 0 aliphatic carbocycles. The predicted octanol–water partition coefficient (Wildman–Crippen LogP) is 2.39. The Morgan fingerprint density at radius 1 is 1.21 bits per heavy atom. The quantitative estimate of drug-likeness (QED) is 0.583. The molecule has 0 unspecified atom stereocenters. The number of rotatable bonds is 7. The molecule has 7 nitrogen and oxygen atoms in total. The predicted molar refractivity (Wildman–Crippen MR) is 105 cm³/mol. The van der Waals surface area contributed by atoms with Gasteiger partial charge in [0.05, 0.1) is 0 Å². The third-order valence-corrected chi connectivity index (χ3v) is 4.89. The molecule has 0 atom stereocenters. The van der Waals surface area contributed by atoms with E-state index in [1.165, 1.54) is 6.07 Å². The molecule has 0 spiro atoms. The number of hydrogen-bond donors (Lipinski definition) is 1. The summed E-state index contributed by atoms with van der Waals surface area (Å²) in [5.74, 6) is 0.449. The molecule has 0 radical (unpaired) electrons. The lowest BCUT2D eigenvalue weighted by molar-refractivity contribution is -0.130. The normalized spacial score (nSPS) is 14.8. The third kappa shape index (κ3) is 5.34. The largest absolute Gasteiger partial charge is 0.484 e. The summed E-state index contributed by atoms with van der Waals surface area (Å²) in [5, 5.41) is 3.64. The average molecular weight is 386 g/mol. The smallest absolute Gasteiger partial charge is 0.336 e. The van der Waals surface area contributed by atoms with Crippen LogP contribution >= 0.6 is 0 Å². The lowest BCUT2D eigenvalue weighted by Gasteiger charge is -2.20. The van der Waals surface area contributed by atoms with Gasteiger partial charge in [0.2, 0.25) is 5.91 Å². The van der Waals surface area contributed by atoms with E-state index < -0.39 is 5.63 Å². The SMILES string of the molecule is Cc1cc(=O)oc2cc(OCC(=O)NCCCN3CCCCCC3=O)ccc12. The van der Waals surface area contributed by atoms with Crippen LogP contribution in [0.2, 0.25) is 0 Å². The second kappa shape index (κ2) is 9.39. The van der Waals surface area contributed by atoms with Gasteiger partial charge in [0.1, 0.15) is 11.3 Å². The van der Waals surface area contributed by atoms with Crippen molar-refractivity contribution in [3.05, 3.63) is 40.2 Å². The number of nitrogens with one attached hydrogen (secondary N) is 1. The Balaban J connectivity index is 1.42. The van der Waals surface area contributed by atoms with Gasteiger partial charge >= 0.3 is 5.63 Å². The van der Waals surface area contributed by atoms with Gasteiger partial charge in [0.25, 0.3) is 5.91 Å². The number of hydrogen-bond acceptors (Lipinski definition) is 5. The first kappa shape index (κ1) is 19.9. The van der Waals surface area contributed by atoms with Crippen molar-refractivity contribution >= 4 is 22.8 Å². The maximum Gasteiger partial charge on any atom is 0.336 e. The minimum absolute atomic E-state index is 0.121. The van der Waals surface area contributed by atoms with E-state index >= 15 is 0 Å². The highest BCUT2D eigenvalue weighted by Crippen LogP contribution is 2.22. The topological polar surface area (TPSA) is 88.8 Å². The monoisotopic (exact) mass is 386 g/mol. The van der Waals surface area contributed by atoms with E-state index in [9.17, 15) is 14.4 Å². The van der Waals surface area contributed by atoms with E-state index in [4.69, 9.17) is 9.15 Å². The van der Waals surface area contributed by atoms with Gasteiger partial charge in [-0.2, -0.15) is 0 Å². The lowest BCUT2D eigenvalue weighted by Crippen LogP contribution is -2.35. The summed E-state index contributed by atoms with van der Waals surface area (Å²) in [6.07, 6.45) is 4.48. The average Bonchev–Trinajstić information content (AvgIpc) is 2.87. The molecule has 7 heteroatoms. The van der Waals surface area contributed by atoms with Crippen LogP contribution in [0, 0.1) is 6.92 Å². The van der Waals surface area contributed by atoms with E-state index in [1.807, 2.05) is 11.8 Å². The van der Waals surface area contributed by atoms with E-state index in [1.54, 1.807) is 18.2 Å². The number of benzene rings is 1. The number of likely N-dealkylation sites (tertiary alicyclic amines) is 1. The first-order chi connectivity index (χ1) is 13.5. The van der Waals surface area contributed by atoms with Gasteiger partial charge in [-0.05, 0) is 43.9 Å². The standard InChI is InChI=1S/C21H26N2O5/c1-15-12-21(26)28-18-13-16(7-8-17(15)18)27-14-19(24)22-9-5-11-23-10-4-2-3-6-20(23)25/h7-8,12-13H,2-6,9-11,14H2,1H3,(H,22,24). The van der Waals surface area contributed by atoms with E-state index in [0.29, 0.717) is 30.8 Å². The third-order valence-electron chi connectivity index (χ3n) is 4.89. The molecule has 3 rings (SSSR count). The Kier molecular flexibility index (Phi) is 6.68. The highest BCUT2D eigenvalue weighted by molar-refractivity contribution is 5.81. The van der Waals surface area contributed by atoms with E-state index in [0.717, 1.165) is 43.2 Å². The van der Waals surface area contributed by atoms with Gasteiger partial charge in [-0.1, -0.05) is 6.42 Å². The van der Waals surface area contributed by atoms with Crippen LogP contribution in [-0.2, 0) is 9.59 Å². The zero-order valence-electron chi connectivity index (χ0n) is 16.2. The van der Waals surface area contributed by atoms with Crippen molar-refractivity contribution in [2.75, 3.05) is 26.2 Å². The van der Waals surface area contributed by atoms with E-state index in [2.05, 4.69) is 5.32 Å². The Morgan fingerprint density at radius 3 is 2.93 bits per heavy atom. The number of nitrogens with zero attached hydrogens (tertiary/aromatic N) is 1. The molecule has 150 valence electrons. The minimum atomic E-state index is -0.414. The first-order valence-electron chi connectivity index (χ1n) is 9.75. The maximum absolute atomic E-state index is 12.0. The zero-order chi connectivity index (χ0) is 19.9. The molecule has 0 bridgehead atoms. The van der Waals surface area contributed by atoms with Crippen molar-refractivity contribution in [2.24, 2.45) is 0 Å². The number of ether oxygens (including phenoxy) is 1. The van der Waals surface area contributed by atoms with Gasteiger partial charge in [-0.3, -0.25) is 9.59 Å². The zero-order valence-corrected chi connectivity index (χ0v) is 16.2. The highest BCUT2D eigenvalue weighted by Gasteiger charge is 2.15. The number of amides is 2. The molecular formula is C21H26N2O5. The molecule has 1 aromatic heterocycles. The summed E-state index contributed by atoms with van der Waals surface area (Å²) >= 11 is 0. The van der Waals surface area contributed by atoms with Crippen molar-refractivity contribution in [3.8, 4) is 5.75 Å². The summed E-state index contributed by atoms with van der Waals surface area (Å²) in [6, 6.07) is 6.60. The number of aryl methyl sites for hydroxylation is 1. The highest BCUT2D eigenvalue weighted by atomic mass is 16.5. The van der Waals surface area contributed by atoms with Crippen molar-refractivity contribution in [1.82, 2.24) is 10.2 Å². The molecule has 0 saturated carbocycles. The molecule has 2 heterocycles. The fraction of sp³-hybridized carbons (Fsp3) is 0.476. The van der Waals surface area contributed by atoms with Crippen LogP contribution in [0.5, 0.6) is 5.75 Å². The summed E-state index contributed by atoms with van der Waals surface area (Å²) in [7, 11) is 0. The molecule has 1 N–H and O–H groups in total. The summed E-state index contributed by atoms with van der Waals surface area (Å²) in [4.78, 5) is 37.3. The Hall–Kier alpha value is -2.83. The molecule has 1 aliphatic heterocycles. The number of carbonyl (C=O) groups excluding carboxylic acids is 2. The van der Waals surface area contributed by atoms with Gasteiger partial charge in [-0.15, -0.1) is 0 Å². The number of fused-ring (bicyclic) bond motifs is 1. The molecule has 1 aromatic carbocycles. The Bertz CT molecular complexity index is 905. The van der Waals surface area contributed by atoms with Crippen molar-refractivity contribution in [2.45, 2.75) is 39.0 Å². The van der Waals surface area contributed by atoms with Crippen molar-refractivity contribution < 1.29 is 18.7 Å². The maximum atomic E-state index is 12.0. The molecule has 1 aliphatic rings. The van der Waals surface area contributed by atoms with Crippen LogP contribution in [0.15, 0.2) is 33.5 Å². The van der Waals surface area contributed by atoms with Crippen LogP contribution in [0.3, 0.4) is 0 Å². The van der Waals surface area contributed by atoms with Gasteiger partial charge in [-0.25, -0.2) is 4.79 Å². The van der Waals surface area contributed by atoms with E-state index in [-0.39, 0.29) is 18.4 Å². The van der Waals surface area contributed by atoms with Crippen LogP contribution in [0.25, 0.3) is 11.0 Å². The second-order valence-corrected chi connectivity index (χ2v) is 7.09. The summed E-state index contributed by atoms with van der Waals surface area (Å²) in [6.45, 7) is 3.70. The fourth-order valence-corrected chi connectivity index (χ4v) is 3.37. The van der Waals surface area contributed by atoms with Crippen LogP contribution in [0.1, 0.15) is 37.7 Å². The first-order valence-corrected chi connectivity index (χ1v) is 9.75. The number of carbonyl (C=O) groups is 2. The van der Waals surface area contributed by atoms with Crippen molar-refractivity contribution in [3.63, 3.8) is 0 Å². The van der Waals surface area contributed by atoms with Gasteiger partial charge in [0, 0.05) is 43.6 Å². The molecule has 28 heavy (non-hydrogen) atoms. The molecular weight excluding hydrogens is 360 g/mol. The van der Waals surface area contributed by atoms with Crippen LogP contribution in [0.4, 0.5) is 0 Å². The summed E-state index contributed by atoms with van der Waals surface area (Å²) in [5.41, 5.74) is 0.853. The summed E-state index contributed by atoms with van der Waals surface area (Å²) < 4.78 is 10.7. The van der Waals surface area contributed by atoms with Crippen molar-refractivity contribution in [1.29, 1.82) is 0 Å². The Morgan fingerprint density at radius 2 is 2.07 bits per heavy atom. The molecule has 2 aromatic rings. The lowest BCUT2D eigenvalue weighted by atomic mass is 10.1. The fourth-order valence-electron chi connectivity index (χ4n) is 3.37. The molecule has 1 saturated heterocycles. The van der Waals surface area contributed by atoms with Crippen LogP contribution in [-0.4, -0.2) is 43.0 Å². The van der Waals surface area contributed by atoms with Crippen LogP contribution < -0.4 is 15.7 Å². The second-order valence-electron chi connectivity index (χ2n) is 7.09.